The van der Waals surface area contributed by atoms with E-state index in [0.29, 0.717) is 10.6 Å². The van der Waals surface area contributed by atoms with Gasteiger partial charge in [0, 0.05) is 25.2 Å². The highest BCUT2D eigenvalue weighted by molar-refractivity contribution is 7.89. The highest BCUT2D eigenvalue weighted by Gasteiger charge is 2.49. The van der Waals surface area contributed by atoms with Gasteiger partial charge in [-0.05, 0) is 69.2 Å². The van der Waals surface area contributed by atoms with Crippen LogP contribution in [0.15, 0.2) is 53.4 Å². The number of hydrogen-bond acceptors (Lipinski definition) is 5. The molecule has 1 amide bonds. The third kappa shape index (κ3) is 6.20. The van der Waals surface area contributed by atoms with Crippen LogP contribution in [0, 0.1) is 0 Å². The van der Waals surface area contributed by atoms with Gasteiger partial charge in [-0.25, -0.2) is 13.2 Å². The molecule has 12 heteroatoms. The summed E-state index contributed by atoms with van der Waals surface area (Å²) in [6.45, 7) is 5.44. The van der Waals surface area contributed by atoms with Crippen molar-refractivity contribution >= 4 is 27.7 Å². The van der Waals surface area contributed by atoms with Crippen LogP contribution in [0.2, 0.25) is 5.02 Å². The molecule has 1 aliphatic heterocycles. The summed E-state index contributed by atoms with van der Waals surface area (Å²) in [5.41, 5.74) is -1.29. The number of rotatable bonds is 5. The fraction of sp³-hybridized carbons (Fsp3) is 0.435. The number of hydrogen-bond donors (Lipinski definition) is 0. The van der Waals surface area contributed by atoms with Crippen molar-refractivity contribution in [2.45, 2.75) is 49.6 Å². The first kappa shape index (κ1) is 27.1. The van der Waals surface area contributed by atoms with Crippen LogP contribution in [-0.2, 0) is 20.3 Å². The highest BCUT2D eigenvalue weighted by atomic mass is 35.5. The van der Waals surface area contributed by atoms with E-state index in [1.54, 1.807) is 45.0 Å². The van der Waals surface area contributed by atoms with Crippen LogP contribution in [-0.4, -0.2) is 55.8 Å². The molecule has 3 rings (SSSR count). The second kappa shape index (κ2) is 9.51. The molecule has 2 aromatic rings. The summed E-state index contributed by atoms with van der Waals surface area (Å²) in [6.07, 6.45) is -5.21. The number of ether oxygens (including phenoxy) is 2. The molecule has 1 saturated heterocycles. The maximum atomic E-state index is 13.6. The van der Waals surface area contributed by atoms with Crippen LogP contribution in [0.25, 0.3) is 0 Å². The third-order valence-corrected chi connectivity index (χ3v) is 7.79. The molecule has 1 aliphatic rings. The van der Waals surface area contributed by atoms with Crippen LogP contribution < -0.4 is 4.74 Å². The molecule has 1 heterocycles. The summed E-state index contributed by atoms with van der Waals surface area (Å²) in [5.74, 6) is -0.538. The number of benzene rings is 2. The molecular formula is C23H26ClF3N2O5S. The number of nitrogens with zero attached hydrogens (tertiary/aromatic N) is 2. The molecule has 7 nitrogen and oxygen atoms in total. The Kier molecular flexibility index (Phi) is 7.36. The van der Waals surface area contributed by atoms with Gasteiger partial charge in [0.1, 0.15) is 11.4 Å². The van der Waals surface area contributed by atoms with Crippen LogP contribution in [0.1, 0.15) is 32.8 Å². The third-order valence-electron chi connectivity index (χ3n) is 5.60. The van der Waals surface area contributed by atoms with Gasteiger partial charge in [-0.15, -0.1) is 13.2 Å². The Labute approximate surface area is 207 Å². The van der Waals surface area contributed by atoms with Crippen molar-refractivity contribution in [2.75, 3.05) is 20.1 Å². The fourth-order valence-electron chi connectivity index (χ4n) is 3.91. The van der Waals surface area contributed by atoms with E-state index in [1.165, 1.54) is 11.9 Å². The number of sulfonamides is 1. The topological polar surface area (TPSA) is 76.2 Å². The summed E-state index contributed by atoms with van der Waals surface area (Å²) >= 11 is 6.03. The average Bonchev–Trinajstić information content (AvgIpc) is 3.18. The van der Waals surface area contributed by atoms with Crippen LogP contribution in [0.4, 0.5) is 18.0 Å². The minimum atomic E-state index is -4.90. The maximum Gasteiger partial charge on any atom is 0.573 e. The Bertz CT molecular complexity index is 1170. The molecule has 0 saturated carbocycles. The number of carbonyl (C=O) groups is 1. The van der Waals surface area contributed by atoms with E-state index < -0.39 is 39.4 Å². The van der Waals surface area contributed by atoms with Crippen LogP contribution >= 0.6 is 11.6 Å². The molecule has 1 unspecified atom stereocenters. The van der Waals surface area contributed by atoms with E-state index in [-0.39, 0.29) is 24.4 Å². The average molecular weight is 535 g/mol. The summed E-state index contributed by atoms with van der Waals surface area (Å²) in [4.78, 5) is 13.9. The number of alkyl halides is 3. The van der Waals surface area contributed by atoms with Crippen molar-refractivity contribution in [3.05, 3.63) is 59.1 Å². The Morgan fingerprint density at radius 2 is 1.63 bits per heavy atom. The molecule has 1 atom stereocenters. The first-order valence-electron chi connectivity index (χ1n) is 10.6. The highest BCUT2D eigenvalue weighted by Crippen LogP contribution is 2.41. The molecule has 1 fully saturated rings. The lowest BCUT2D eigenvalue weighted by Crippen LogP contribution is -2.49. The second-order valence-electron chi connectivity index (χ2n) is 9.18. The van der Waals surface area contributed by atoms with E-state index in [0.717, 1.165) is 28.6 Å². The van der Waals surface area contributed by atoms with Crippen molar-refractivity contribution in [1.82, 2.24) is 9.21 Å². The predicted octanol–water partition coefficient (Wildman–Crippen LogP) is 5.40. The minimum absolute atomic E-state index is 0.00848. The number of halogens is 4. The normalized spacial score (nSPS) is 19.2. The minimum Gasteiger partial charge on any atom is -0.444 e. The van der Waals surface area contributed by atoms with Crippen molar-refractivity contribution in [2.24, 2.45) is 0 Å². The Hall–Kier alpha value is -2.50. The van der Waals surface area contributed by atoms with Gasteiger partial charge < -0.3 is 14.4 Å². The molecule has 0 spiro atoms. The smallest absolute Gasteiger partial charge is 0.444 e. The standard InChI is InChI=1S/C23H26ClF3N2O5S/c1-21(2,3)34-20(30)29-14-13-22(15-29,16-5-7-17(24)8-6-16)28(4)35(31,32)19-11-9-18(10-12-19)33-23(25,26)27/h5-12H,13-15H2,1-4H3. The van der Waals surface area contributed by atoms with E-state index in [2.05, 4.69) is 4.74 Å². The van der Waals surface area contributed by atoms with E-state index >= 15 is 0 Å². The summed E-state index contributed by atoms with van der Waals surface area (Å²) < 4.78 is 75.0. The summed E-state index contributed by atoms with van der Waals surface area (Å²) in [7, 11) is -2.82. The van der Waals surface area contributed by atoms with E-state index in [1.807, 2.05) is 0 Å². The predicted molar refractivity (Wildman–Crippen MR) is 124 cm³/mol. The van der Waals surface area contributed by atoms with Crippen molar-refractivity contribution in [3.63, 3.8) is 0 Å². The quantitative estimate of drug-likeness (QED) is 0.514. The van der Waals surface area contributed by atoms with Gasteiger partial charge in [-0.3, -0.25) is 0 Å². The zero-order valence-corrected chi connectivity index (χ0v) is 21.2. The first-order valence-corrected chi connectivity index (χ1v) is 12.4. The lowest BCUT2D eigenvalue weighted by Gasteiger charge is -2.38. The Morgan fingerprint density at radius 3 is 2.14 bits per heavy atom. The first-order chi connectivity index (χ1) is 16.0. The second-order valence-corrected chi connectivity index (χ2v) is 11.6. The molecule has 0 N–H and O–H groups in total. The Balaban J connectivity index is 1.98. The van der Waals surface area contributed by atoms with E-state index in [4.69, 9.17) is 16.3 Å². The zero-order valence-electron chi connectivity index (χ0n) is 19.6. The van der Waals surface area contributed by atoms with Crippen LogP contribution in [0.3, 0.4) is 0 Å². The maximum absolute atomic E-state index is 13.6. The van der Waals surface area contributed by atoms with Crippen molar-refractivity contribution in [1.29, 1.82) is 0 Å². The van der Waals surface area contributed by atoms with Crippen molar-refractivity contribution in [3.8, 4) is 5.75 Å². The monoisotopic (exact) mass is 534 g/mol. The molecule has 2 aromatic carbocycles. The zero-order chi connectivity index (χ0) is 26.2. The summed E-state index contributed by atoms with van der Waals surface area (Å²) in [6, 6.07) is 10.6. The number of carbonyl (C=O) groups excluding carboxylic acids is 1. The molecular weight excluding hydrogens is 509 g/mol. The SMILES string of the molecule is CN(C1(c2ccc(Cl)cc2)CCN(C(=O)OC(C)(C)C)C1)S(=O)(=O)c1ccc(OC(F)(F)F)cc1. The van der Waals surface area contributed by atoms with Gasteiger partial charge in [0.05, 0.1) is 10.4 Å². The lowest BCUT2D eigenvalue weighted by atomic mass is 9.89. The van der Waals surface area contributed by atoms with Gasteiger partial charge in [0.2, 0.25) is 10.0 Å². The van der Waals surface area contributed by atoms with Gasteiger partial charge in [0.25, 0.3) is 0 Å². The van der Waals surface area contributed by atoms with Gasteiger partial charge in [-0.1, -0.05) is 23.7 Å². The molecule has 0 aliphatic carbocycles. The molecule has 192 valence electrons. The van der Waals surface area contributed by atoms with Crippen LogP contribution in [0.5, 0.6) is 5.75 Å². The van der Waals surface area contributed by atoms with Gasteiger partial charge in [-0.2, -0.15) is 4.31 Å². The van der Waals surface area contributed by atoms with E-state index in [9.17, 15) is 26.4 Å². The lowest BCUT2D eigenvalue weighted by molar-refractivity contribution is -0.274. The fourth-order valence-corrected chi connectivity index (χ4v) is 5.55. The molecule has 35 heavy (non-hydrogen) atoms. The van der Waals surface area contributed by atoms with Gasteiger partial charge in [0.15, 0.2) is 0 Å². The molecule has 0 aromatic heterocycles. The largest absolute Gasteiger partial charge is 0.573 e. The molecule has 0 bridgehead atoms. The molecule has 0 radical (unpaired) electrons. The number of likely N-dealkylation sites (tertiary alicyclic amines) is 1. The number of likely N-dealkylation sites (N-methyl/N-ethyl adjacent to an activating group) is 1. The number of amides is 1. The van der Waals surface area contributed by atoms with Gasteiger partial charge >= 0.3 is 12.5 Å². The Morgan fingerprint density at radius 1 is 1.06 bits per heavy atom. The van der Waals surface area contributed by atoms with Crippen molar-refractivity contribution < 1.29 is 35.9 Å². The summed E-state index contributed by atoms with van der Waals surface area (Å²) in [5, 5.41) is 0.455.